The molecule has 0 heterocycles. The number of nitrogens with one attached hydrogen (secondary N) is 1. The first kappa shape index (κ1) is 19.0. The first-order chi connectivity index (χ1) is 12.0. The molecule has 0 radical (unpaired) electrons. The molecule has 2 N–H and O–H groups in total. The zero-order valence-electron chi connectivity index (χ0n) is 14.3. The lowest BCUT2D eigenvalue weighted by Crippen LogP contribution is -2.26. The number of ether oxygens (including phenoxy) is 1. The van der Waals surface area contributed by atoms with Crippen molar-refractivity contribution in [3.63, 3.8) is 0 Å². The highest BCUT2D eigenvalue weighted by Gasteiger charge is 2.07. The van der Waals surface area contributed by atoms with Crippen molar-refractivity contribution in [1.29, 1.82) is 0 Å². The minimum Gasteiger partial charge on any atom is -0.508 e. The van der Waals surface area contributed by atoms with E-state index in [1.807, 2.05) is 25.1 Å². The summed E-state index contributed by atoms with van der Waals surface area (Å²) in [4.78, 5) is 12.0. The Morgan fingerprint density at radius 2 is 1.92 bits per heavy atom. The van der Waals surface area contributed by atoms with E-state index in [0.29, 0.717) is 12.2 Å². The van der Waals surface area contributed by atoms with Gasteiger partial charge in [-0.3, -0.25) is 4.79 Å². The minimum absolute atomic E-state index is 0.125. The van der Waals surface area contributed by atoms with Gasteiger partial charge in [0, 0.05) is 0 Å². The number of halogens is 1. The second-order valence-electron chi connectivity index (χ2n) is 5.40. The van der Waals surface area contributed by atoms with Crippen LogP contribution >= 0.6 is 15.9 Å². The fourth-order valence-corrected chi connectivity index (χ4v) is 2.73. The van der Waals surface area contributed by atoms with E-state index in [-0.39, 0.29) is 18.3 Å². The molecule has 0 saturated heterocycles. The number of benzene rings is 2. The van der Waals surface area contributed by atoms with Gasteiger partial charge < -0.3 is 9.84 Å². The number of hydrogen-bond donors (Lipinski definition) is 2. The lowest BCUT2D eigenvalue weighted by molar-refractivity contribution is -0.123. The second-order valence-corrected chi connectivity index (χ2v) is 6.26. The number of amides is 1. The molecular formula is C19H21BrN2O3. The Bertz CT molecular complexity index is 758. The Hall–Kier alpha value is -2.34. The average molecular weight is 405 g/mol. The van der Waals surface area contributed by atoms with Crippen molar-refractivity contribution >= 4 is 27.5 Å². The van der Waals surface area contributed by atoms with E-state index in [9.17, 15) is 9.90 Å². The molecule has 0 spiro atoms. The van der Waals surface area contributed by atoms with Crippen LogP contribution in [0.1, 0.15) is 31.4 Å². The van der Waals surface area contributed by atoms with Crippen LogP contribution in [0.4, 0.5) is 0 Å². The summed E-state index contributed by atoms with van der Waals surface area (Å²) in [6, 6.07) is 12.5. The molecule has 0 aliphatic heterocycles. The maximum Gasteiger partial charge on any atom is 0.277 e. The van der Waals surface area contributed by atoms with Gasteiger partial charge in [0.2, 0.25) is 0 Å². The SMILES string of the molecule is CC/C(=N\NC(=O)COc1ccc(CC)cc1Br)c1ccc(O)cc1. The third kappa shape index (κ3) is 5.60. The summed E-state index contributed by atoms with van der Waals surface area (Å²) in [5.41, 5.74) is 5.27. The second kappa shape index (κ2) is 9.22. The molecule has 6 heteroatoms. The Labute approximate surface area is 155 Å². The Kier molecular flexibility index (Phi) is 7.01. The number of rotatable bonds is 7. The number of nitrogens with zero attached hydrogens (tertiary/aromatic N) is 1. The predicted octanol–water partition coefficient (Wildman–Crippen LogP) is 4.03. The molecule has 0 aromatic heterocycles. The van der Waals surface area contributed by atoms with Crippen molar-refractivity contribution in [2.24, 2.45) is 5.10 Å². The van der Waals surface area contributed by atoms with E-state index in [0.717, 1.165) is 22.2 Å². The van der Waals surface area contributed by atoms with Crippen molar-refractivity contribution in [2.45, 2.75) is 26.7 Å². The zero-order valence-corrected chi connectivity index (χ0v) is 15.8. The third-order valence-corrected chi connectivity index (χ3v) is 4.23. The predicted molar refractivity (Wildman–Crippen MR) is 102 cm³/mol. The highest BCUT2D eigenvalue weighted by molar-refractivity contribution is 9.10. The maximum atomic E-state index is 12.0. The van der Waals surface area contributed by atoms with E-state index in [2.05, 4.69) is 33.4 Å². The van der Waals surface area contributed by atoms with Crippen LogP contribution < -0.4 is 10.2 Å². The molecule has 5 nitrogen and oxygen atoms in total. The first-order valence-electron chi connectivity index (χ1n) is 8.09. The van der Waals surface area contributed by atoms with Crippen LogP contribution in [0.2, 0.25) is 0 Å². The van der Waals surface area contributed by atoms with E-state index >= 15 is 0 Å². The van der Waals surface area contributed by atoms with Crippen LogP contribution in [-0.2, 0) is 11.2 Å². The smallest absolute Gasteiger partial charge is 0.277 e. The van der Waals surface area contributed by atoms with Crippen LogP contribution in [0.25, 0.3) is 0 Å². The molecule has 0 aliphatic carbocycles. The first-order valence-corrected chi connectivity index (χ1v) is 8.88. The number of phenols is 1. The van der Waals surface area contributed by atoms with Crippen LogP contribution in [0.15, 0.2) is 52.0 Å². The number of aryl methyl sites for hydroxylation is 1. The van der Waals surface area contributed by atoms with Gasteiger partial charge in [-0.2, -0.15) is 5.10 Å². The Balaban J connectivity index is 1.94. The van der Waals surface area contributed by atoms with Gasteiger partial charge in [-0.25, -0.2) is 5.43 Å². The molecule has 25 heavy (non-hydrogen) atoms. The molecule has 2 rings (SSSR count). The number of hydrogen-bond acceptors (Lipinski definition) is 4. The van der Waals surface area contributed by atoms with Gasteiger partial charge in [0.05, 0.1) is 10.2 Å². The number of carbonyl (C=O) groups excluding carboxylic acids is 1. The van der Waals surface area contributed by atoms with Gasteiger partial charge in [0.15, 0.2) is 6.61 Å². The lowest BCUT2D eigenvalue weighted by Gasteiger charge is -2.09. The number of hydrazone groups is 1. The third-order valence-electron chi connectivity index (χ3n) is 3.61. The number of aromatic hydroxyl groups is 1. The topological polar surface area (TPSA) is 70.9 Å². The van der Waals surface area contributed by atoms with Gasteiger partial charge in [-0.15, -0.1) is 0 Å². The summed E-state index contributed by atoms with van der Waals surface area (Å²) >= 11 is 3.44. The van der Waals surface area contributed by atoms with E-state index < -0.39 is 0 Å². The molecule has 2 aromatic rings. The summed E-state index contributed by atoms with van der Waals surface area (Å²) < 4.78 is 6.35. The molecule has 0 atom stereocenters. The zero-order chi connectivity index (χ0) is 18.2. The fraction of sp³-hybridized carbons (Fsp3) is 0.263. The van der Waals surface area contributed by atoms with Crippen molar-refractivity contribution in [3.05, 3.63) is 58.1 Å². The van der Waals surface area contributed by atoms with Crippen molar-refractivity contribution in [1.82, 2.24) is 5.43 Å². The van der Waals surface area contributed by atoms with Gasteiger partial charge in [0.1, 0.15) is 11.5 Å². The Morgan fingerprint density at radius 3 is 2.52 bits per heavy atom. The van der Waals surface area contributed by atoms with Crippen LogP contribution in [0.3, 0.4) is 0 Å². The number of phenolic OH excluding ortho intramolecular Hbond substituents is 1. The summed E-state index contributed by atoms with van der Waals surface area (Å²) in [6.45, 7) is 3.90. The molecule has 0 aliphatic rings. The molecular weight excluding hydrogens is 384 g/mol. The average Bonchev–Trinajstić information content (AvgIpc) is 2.62. The molecule has 0 saturated carbocycles. The van der Waals surface area contributed by atoms with Crippen molar-refractivity contribution in [2.75, 3.05) is 6.61 Å². The van der Waals surface area contributed by atoms with Gasteiger partial charge in [-0.1, -0.05) is 19.9 Å². The molecule has 0 bridgehead atoms. The molecule has 2 aromatic carbocycles. The largest absolute Gasteiger partial charge is 0.508 e. The monoisotopic (exact) mass is 404 g/mol. The Morgan fingerprint density at radius 1 is 1.20 bits per heavy atom. The molecule has 0 unspecified atom stereocenters. The molecule has 1 amide bonds. The summed E-state index contributed by atoms with van der Waals surface area (Å²) in [5.74, 6) is 0.470. The van der Waals surface area contributed by atoms with Crippen molar-refractivity contribution < 1.29 is 14.6 Å². The minimum atomic E-state index is -0.337. The van der Waals surface area contributed by atoms with Gasteiger partial charge in [0.25, 0.3) is 5.91 Å². The van der Waals surface area contributed by atoms with Crippen LogP contribution in [0, 0.1) is 0 Å². The molecule has 132 valence electrons. The quantitative estimate of drug-likeness (QED) is 0.540. The highest BCUT2D eigenvalue weighted by Crippen LogP contribution is 2.26. The van der Waals surface area contributed by atoms with Crippen LogP contribution in [-0.4, -0.2) is 23.3 Å². The fourth-order valence-electron chi connectivity index (χ4n) is 2.19. The highest BCUT2D eigenvalue weighted by atomic mass is 79.9. The van der Waals surface area contributed by atoms with E-state index in [1.54, 1.807) is 24.3 Å². The standard InChI is InChI=1S/C19H21BrN2O3/c1-3-13-5-10-18(16(20)11-13)25-12-19(24)22-21-17(4-2)14-6-8-15(23)9-7-14/h5-11,23H,3-4,12H2,1-2H3,(H,22,24)/b21-17+. The van der Waals surface area contributed by atoms with E-state index in [1.165, 1.54) is 5.56 Å². The summed E-state index contributed by atoms with van der Waals surface area (Å²) in [5, 5.41) is 13.5. The lowest BCUT2D eigenvalue weighted by atomic mass is 10.1. The van der Waals surface area contributed by atoms with Crippen molar-refractivity contribution in [3.8, 4) is 11.5 Å². The maximum absolute atomic E-state index is 12.0. The van der Waals surface area contributed by atoms with Gasteiger partial charge >= 0.3 is 0 Å². The summed E-state index contributed by atoms with van der Waals surface area (Å²) in [7, 11) is 0. The number of carbonyl (C=O) groups is 1. The normalized spacial score (nSPS) is 11.2. The van der Waals surface area contributed by atoms with Gasteiger partial charge in [-0.05, 0) is 76.3 Å². The van der Waals surface area contributed by atoms with Crippen LogP contribution in [0.5, 0.6) is 11.5 Å². The molecule has 0 fully saturated rings. The van der Waals surface area contributed by atoms with E-state index in [4.69, 9.17) is 4.74 Å². The summed E-state index contributed by atoms with van der Waals surface area (Å²) in [6.07, 6.45) is 1.58.